The number of nitrogens with zero attached hydrogens (tertiary/aromatic N) is 2. The van der Waals surface area contributed by atoms with Crippen molar-refractivity contribution >= 4 is 5.91 Å². The number of carbonyl (C=O) groups is 1. The Morgan fingerprint density at radius 3 is 2.33 bits per heavy atom. The minimum Gasteiger partial charge on any atom is -0.471 e. The second-order valence-electron chi connectivity index (χ2n) is 8.63. The highest BCUT2D eigenvalue weighted by molar-refractivity contribution is 5.92. The van der Waals surface area contributed by atoms with Gasteiger partial charge in [-0.2, -0.15) is 5.10 Å². The Kier molecular flexibility index (Phi) is 6.60. The Morgan fingerprint density at radius 2 is 1.73 bits per heavy atom. The molecule has 1 amide bonds. The average Bonchev–Trinajstić information content (AvgIpc) is 3.20. The summed E-state index contributed by atoms with van der Waals surface area (Å²) in [4.78, 5) is 12.6. The van der Waals surface area contributed by atoms with Crippen molar-refractivity contribution in [3.63, 3.8) is 0 Å². The van der Waals surface area contributed by atoms with Crippen LogP contribution in [0.15, 0.2) is 60.8 Å². The lowest BCUT2D eigenvalue weighted by atomic mass is 9.87. The smallest absolute Gasteiger partial charge is 0.272 e. The highest BCUT2D eigenvalue weighted by atomic mass is 16.5. The molecule has 0 radical (unpaired) electrons. The van der Waals surface area contributed by atoms with Crippen LogP contribution in [0.5, 0.6) is 5.75 Å². The molecule has 0 aliphatic carbocycles. The topological polar surface area (TPSA) is 56.2 Å². The number of hydrogen-bond donors (Lipinski definition) is 1. The van der Waals surface area contributed by atoms with Crippen molar-refractivity contribution in [3.8, 4) is 5.75 Å². The Balaban J connectivity index is 1.58. The molecule has 1 unspecified atom stereocenters. The van der Waals surface area contributed by atoms with Gasteiger partial charge in [0.2, 0.25) is 0 Å². The molecule has 0 bridgehead atoms. The number of carbonyl (C=O) groups excluding carboxylic acids is 1. The van der Waals surface area contributed by atoms with E-state index in [9.17, 15) is 4.79 Å². The molecule has 1 heterocycles. The quantitative estimate of drug-likeness (QED) is 0.572. The van der Waals surface area contributed by atoms with Crippen molar-refractivity contribution in [2.75, 3.05) is 0 Å². The van der Waals surface area contributed by atoms with Crippen molar-refractivity contribution in [2.45, 2.75) is 59.2 Å². The predicted octanol–water partition coefficient (Wildman–Crippen LogP) is 5.41. The number of rotatable bonds is 7. The number of aryl methyl sites for hydroxylation is 1. The maximum absolute atomic E-state index is 12.6. The fourth-order valence-electron chi connectivity index (χ4n) is 3.20. The molecule has 1 atom stereocenters. The Labute approximate surface area is 179 Å². The number of ether oxygens (including phenoxy) is 1. The third-order valence-electron chi connectivity index (χ3n) is 5.15. The van der Waals surface area contributed by atoms with E-state index in [1.54, 1.807) is 16.9 Å². The first-order chi connectivity index (χ1) is 14.3. The van der Waals surface area contributed by atoms with Crippen molar-refractivity contribution in [3.05, 3.63) is 83.2 Å². The van der Waals surface area contributed by atoms with E-state index in [0.29, 0.717) is 5.69 Å². The zero-order chi connectivity index (χ0) is 21.7. The summed E-state index contributed by atoms with van der Waals surface area (Å²) in [6.07, 6.45) is 2.56. The van der Waals surface area contributed by atoms with Gasteiger partial charge in [0, 0.05) is 6.20 Å². The first kappa shape index (κ1) is 21.6. The Hall–Kier alpha value is -3.08. The SMILES string of the molecule is CCC(NC(=O)c1ccn(COc2ccc(C(C)(C)C)cc2)n1)c1ccc(C)cc1. The lowest BCUT2D eigenvalue weighted by Crippen LogP contribution is -2.28. The lowest BCUT2D eigenvalue weighted by Gasteiger charge is -2.19. The van der Waals surface area contributed by atoms with E-state index in [0.717, 1.165) is 17.7 Å². The van der Waals surface area contributed by atoms with Gasteiger partial charge >= 0.3 is 0 Å². The molecule has 5 heteroatoms. The van der Waals surface area contributed by atoms with E-state index in [4.69, 9.17) is 4.74 Å². The summed E-state index contributed by atoms with van der Waals surface area (Å²) in [6, 6.07) is 18.0. The van der Waals surface area contributed by atoms with Gasteiger partial charge in [-0.15, -0.1) is 0 Å². The molecule has 0 aliphatic rings. The van der Waals surface area contributed by atoms with Crippen LogP contribution >= 0.6 is 0 Å². The molecule has 5 nitrogen and oxygen atoms in total. The van der Waals surface area contributed by atoms with Crippen molar-refractivity contribution in [1.29, 1.82) is 0 Å². The average molecular weight is 406 g/mol. The van der Waals surface area contributed by atoms with Crippen molar-refractivity contribution in [2.24, 2.45) is 0 Å². The molecule has 1 aromatic heterocycles. The van der Waals surface area contributed by atoms with Crippen LogP contribution in [0.4, 0.5) is 0 Å². The molecule has 3 rings (SSSR count). The van der Waals surface area contributed by atoms with Crippen molar-refractivity contribution < 1.29 is 9.53 Å². The third kappa shape index (κ3) is 5.50. The van der Waals surface area contributed by atoms with Crippen LogP contribution in [0.2, 0.25) is 0 Å². The number of aromatic nitrogens is 2. The molecule has 158 valence electrons. The first-order valence-electron chi connectivity index (χ1n) is 10.4. The molecule has 0 fully saturated rings. The standard InChI is InChI=1S/C25H31N3O2/c1-6-22(19-9-7-18(2)8-10-19)26-24(29)23-15-16-28(27-23)17-30-21-13-11-20(12-14-21)25(3,4)5/h7-16,22H,6,17H2,1-5H3,(H,26,29). The molecule has 0 aliphatic heterocycles. The zero-order valence-corrected chi connectivity index (χ0v) is 18.5. The molecule has 0 spiro atoms. The zero-order valence-electron chi connectivity index (χ0n) is 18.5. The van der Waals surface area contributed by atoms with Gasteiger partial charge in [-0.3, -0.25) is 4.79 Å². The van der Waals surface area contributed by atoms with Crippen LogP contribution in [0.25, 0.3) is 0 Å². The van der Waals surface area contributed by atoms with E-state index in [1.807, 2.05) is 12.1 Å². The van der Waals surface area contributed by atoms with Crippen LogP contribution in [0.3, 0.4) is 0 Å². The van der Waals surface area contributed by atoms with E-state index in [2.05, 4.69) is 81.4 Å². The summed E-state index contributed by atoms with van der Waals surface area (Å²) in [6.45, 7) is 10.9. The molecule has 3 aromatic rings. The van der Waals surface area contributed by atoms with Gasteiger partial charge in [0.05, 0.1) is 6.04 Å². The summed E-state index contributed by atoms with van der Waals surface area (Å²) < 4.78 is 7.43. The Bertz CT molecular complexity index is 967. The van der Waals surface area contributed by atoms with Gasteiger partial charge in [-0.1, -0.05) is 69.7 Å². The number of benzene rings is 2. The largest absolute Gasteiger partial charge is 0.471 e. The fourth-order valence-corrected chi connectivity index (χ4v) is 3.20. The lowest BCUT2D eigenvalue weighted by molar-refractivity contribution is 0.0928. The van der Waals surface area contributed by atoms with E-state index >= 15 is 0 Å². The summed E-state index contributed by atoms with van der Waals surface area (Å²) in [5.74, 6) is 0.589. The Morgan fingerprint density at radius 1 is 1.07 bits per heavy atom. The summed E-state index contributed by atoms with van der Waals surface area (Å²) >= 11 is 0. The molecule has 0 saturated carbocycles. The van der Waals surface area contributed by atoms with Crippen molar-refractivity contribution in [1.82, 2.24) is 15.1 Å². The highest BCUT2D eigenvalue weighted by Crippen LogP contribution is 2.24. The maximum atomic E-state index is 12.6. The minimum absolute atomic E-state index is 0.0409. The summed E-state index contributed by atoms with van der Waals surface area (Å²) in [5.41, 5.74) is 4.04. The predicted molar refractivity (Wildman–Crippen MR) is 120 cm³/mol. The second-order valence-corrected chi connectivity index (χ2v) is 8.63. The van der Waals surface area contributed by atoms with Crippen LogP contribution in [-0.4, -0.2) is 15.7 Å². The highest BCUT2D eigenvalue weighted by Gasteiger charge is 2.16. The fraction of sp³-hybridized carbons (Fsp3) is 0.360. The monoisotopic (exact) mass is 405 g/mol. The molecular weight excluding hydrogens is 374 g/mol. The normalized spacial score (nSPS) is 12.4. The van der Waals surface area contributed by atoms with E-state index in [1.165, 1.54) is 11.1 Å². The molecule has 0 saturated heterocycles. The maximum Gasteiger partial charge on any atom is 0.272 e. The molecule has 30 heavy (non-hydrogen) atoms. The first-order valence-corrected chi connectivity index (χ1v) is 10.4. The molecule has 1 N–H and O–H groups in total. The second kappa shape index (κ2) is 9.16. The summed E-state index contributed by atoms with van der Waals surface area (Å²) in [7, 11) is 0. The van der Waals surface area contributed by atoms with E-state index in [-0.39, 0.29) is 24.1 Å². The van der Waals surface area contributed by atoms with Gasteiger partial charge in [0.1, 0.15) is 11.4 Å². The van der Waals surface area contributed by atoms with Gasteiger partial charge in [-0.05, 0) is 48.1 Å². The van der Waals surface area contributed by atoms with Gasteiger partial charge in [0.25, 0.3) is 5.91 Å². The van der Waals surface area contributed by atoms with Crippen LogP contribution in [-0.2, 0) is 12.1 Å². The van der Waals surface area contributed by atoms with Crippen LogP contribution < -0.4 is 10.1 Å². The molecule has 2 aromatic carbocycles. The van der Waals surface area contributed by atoms with E-state index < -0.39 is 0 Å². The summed E-state index contributed by atoms with van der Waals surface area (Å²) in [5, 5.41) is 7.43. The van der Waals surface area contributed by atoms with Gasteiger partial charge < -0.3 is 10.1 Å². The molecular formula is C25H31N3O2. The minimum atomic E-state index is -0.185. The van der Waals surface area contributed by atoms with Gasteiger partial charge in [0.15, 0.2) is 6.73 Å². The van der Waals surface area contributed by atoms with Crippen LogP contribution in [0.1, 0.15) is 67.3 Å². The number of hydrogen-bond acceptors (Lipinski definition) is 3. The van der Waals surface area contributed by atoms with Crippen LogP contribution in [0, 0.1) is 6.92 Å². The van der Waals surface area contributed by atoms with Gasteiger partial charge in [-0.25, -0.2) is 4.68 Å². The number of nitrogens with one attached hydrogen (secondary N) is 1. The number of amides is 1. The third-order valence-corrected chi connectivity index (χ3v) is 5.15.